The fourth-order valence-electron chi connectivity index (χ4n) is 3.71. The molecule has 0 bridgehead atoms. The summed E-state index contributed by atoms with van der Waals surface area (Å²) in [6.45, 7) is 1.81. The normalized spacial score (nSPS) is 10.3. The van der Waals surface area contributed by atoms with Crippen LogP contribution in [-0.2, 0) is 4.74 Å². The number of para-hydroxylation sites is 1. The first-order chi connectivity index (χ1) is 19.3. The van der Waals surface area contributed by atoms with Gasteiger partial charge in [-0.1, -0.05) is 35.9 Å². The molecule has 0 aliphatic carbocycles. The largest absolute Gasteiger partial charge is 0.497 e. The number of hydrogen-bond acceptors (Lipinski definition) is 9. The number of rotatable bonds is 8. The summed E-state index contributed by atoms with van der Waals surface area (Å²) in [4.78, 5) is 52.3. The molecule has 0 unspecified atom stereocenters. The Bertz CT molecular complexity index is 1560. The molecule has 0 amide bonds. The molecule has 0 radical (unpaired) electrons. The molecule has 0 aliphatic rings. The Kier molecular flexibility index (Phi) is 8.55. The van der Waals surface area contributed by atoms with E-state index in [0.29, 0.717) is 5.75 Å². The quantitative estimate of drug-likeness (QED) is 0.213. The lowest BCUT2D eigenvalue weighted by Gasteiger charge is -2.16. The van der Waals surface area contributed by atoms with E-state index in [2.05, 4.69) is 0 Å². The molecule has 202 valence electrons. The van der Waals surface area contributed by atoms with Crippen molar-refractivity contribution in [2.45, 2.75) is 6.92 Å². The smallest absolute Gasteiger partial charge is 0.348 e. The Hall–Kier alpha value is -5.44. The first kappa shape index (κ1) is 27.6. The van der Waals surface area contributed by atoms with Gasteiger partial charge in [-0.3, -0.25) is 0 Å². The van der Waals surface area contributed by atoms with Crippen molar-refractivity contribution in [2.75, 3.05) is 14.2 Å². The second-order valence-electron chi connectivity index (χ2n) is 8.38. The van der Waals surface area contributed by atoms with Crippen molar-refractivity contribution in [3.63, 3.8) is 0 Å². The number of aryl methyl sites for hydroxylation is 1. The summed E-state index contributed by atoms with van der Waals surface area (Å²) >= 11 is 0. The van der Waals surface area contributed by atoms with E-state index in [1.54, 1.807) is 61.5 Å². The van der Waals surface area contributed by atoms with Crippen LogP contribution < -0.4 is 18.9 Å². The zero-order valence-corrected chi connectivity index (χ0v) is 21.8. The minimum absolute atomic E-state index is 0.151. The lowest BCUT2D eigenvalue weighted by molar-refractivity contribution is 0.0572. The van der Waals surface area contributed by atoms with E-state index in [1.807, 2.05) is 0 Å². The summed E-state index contributed by atoms with van der Waals surface area (Å²) in [5.74, 6) is -3.57. The summed E-state index contributed by atoms with van der Waals surface area (Å²) < 4.78 is 26.5. The first-order valence-corrected chi connectivity index (χ1v) is 12.0. The van der Waals surface area contributed by atoms with Crippen LogP contribution in [0.25, 0.3) is 0 Å². The van der Waals surface area contributed by atoms with E-state index in [1.165, 1.54) is 43.5 Å². The zero-order chi connectivity index (χ0) is 28.6. The predicted molar refractivity (Wildman–Crippen MR) is 143 cm³/mol. The van der Waals surface area contributed by atoms with E-state index >= 15 is 0 Å². The molecule has 0 heterocycles. The van der Waals surface area contributed by atoms with Crippen LogP contribution in [0.2, 0.25) is 0 Å². The van der Waals surface area contributed by atoms with Gasteiger partial charge in [-0.25, -0.2) is 19.2 Å². The van der Waals surface area contributed by atoms with Crippen molar-refractivity contribution >= 4 is 23.9 Å². The molecule has 0 aromatic heterocycles. The van der Waals surface area contributed by atoms with E-state index in [0.717, 1.165) is 12.7 Å². The van der Waals surface area contributed by atoms with Gasteiger partial charge in [0.25, 0.3) is 0 Å². The Morgan fingerprint density at radius 1 is 0.525 bits per heavy atom. The van der Waals surface area contributed by atoms with E-state index in [9.17, 15) is 19.2 Å². The lowest BCUT2D eigenvalue weighted by Crippen LogP contribution is -2.21. The topological polar surface area (TPSA) is 114 Å². The molecular formula is C31H24O9. The highest BCUT2D eigenvalue weighted by Crippen LogP contribution is 2.34. The Labute approximate surface area is 229 Å². The number of hydrogen-bond donors (Lipinski definition) is 0. The van der Waals surface area contributed by atoms with Crippen LogP contribution in [0.3, 0.4) is 0 Å². The van der Waals surface area contributed by atoms with Crippen molar-refractivity contribution in [2.24, 2.45) is 0 Å². The highest BCUT2D eigenvalue weighted by molar-refractivity contribution is 6.09. The molecule has 9 nitrogen and oxygen atoms in total. The number of carbonyl (C=O) groups is 4. The second kappa shape index (κ2) is 12.4. The first-order valence-electron chi connectivity index (χ1n) is 12.0. The third kappa shape index (κ3) is 6.33. The lowest BCUT2D eigenvalue weighted by atomic mass is 10.0. The van der Waals surface area contributed by atoms with Gasteiger partial charge in [-0.2, -0.15) is 0 Å². The maximum Gasteiger partial charge on any atom is 0.348 e. The van der Waals surface area contributed by atoms with Gasteiger partial charge in [0.05, 0.1) is 25.3 Å². The van der Waals surface area contributed by atoms with Gasteiger partial charge in [0, 0.05) is 0 Å². The standard InChI is InChI=1S/C31H24O9/c1-19-8-7-9-21(18-19)29(33)40-24-16-17-25(39-28(32)20-12-14-22(36-2)15-13-20)27(26(24)30(34)37-3)31(35)38-23-10-5-4-6-11-23/h4-18H,1-3H3. The number of carbonyl (C=O) groups excluding carboxylic acids is 4. The van der Waals surface area contributed by atoms with Crippen molar-refractivity contribution in [3.8, 4) is 23.0 Å². The minimum Gasteiger partial charge on any atom is -0.497 e. The fourth-order valence-corrected chi connectivity index (χ4v) is 3.71. The summed E-state index contributed by atoms with van der Waals surface area (Å²) in [7, 11) is 2.58. The van der Waals surface area contributed by atoms with Crippen LogP contribution >= 0.6 is 0 Å². The highest BCUT2D eigenvalue weighted by atomic mass is 16.6. The van der Waals surface area contributed by atoms with Gasteiger partial charge in [-0.05, 0) is 67.6 Å². The van der Waals surface area contributed by atoms with E-state index in [-0.39, 0.29) is 28.4 Å². The van der Waals surface area contributed by atoms with E-state index in [4.69, 9.17) is 23.7 Å². The van der Waals surface area contributed by atoms with Crippen LogP contribution in [0.5, 0.6) is 23.0 Å². The van der Waals surface area contributed by atoms with Crippen LogP contribution in [-0.4, -0.2) is 38.1 Å². The summed E-state index contributed by atoms with van der Waals surface area (Å²) in [6.07, 6.45) is 0. The van der Waals surface area contributed by atoms with Crippen molar-refractivity contribution in [1.29, 1.82) is 0 Å². The van der Waals surface area contributed by atoms with Crippen LogP contribution in [0.1, 0.15) is 47.0 Å². The molecule has 0 spiro atoms. The molecule has 0 saturated heterocycles. The van der Waals surface area contributed by atoms with Crippen LogP contribution in [0.4, 0.5) is 0 Å². The molecule has 4 aromatic rings. The van der Waals surface area contributed by atoms with Crippen molar-refractivity contribution in [1.82, 2.24) is 0 Å². The zero-order valence-electron chi connectivity index (χ0n) is 21.8. The Morgan fingerprint density at radius 3 is 1.70 bits per heavy atom. The van der Waals surface area contributed by atoms with Gasteiger partial charge in [-0.15, -0.1) is 0 Å². The SMILES string of the molecule is COC(=O)c1c(OC(=O)c2cccc(C)c2)ccc(OC(=O)c2ccc(OC)cc2)c1C(=O)Oc1ccccc1. The van der Waals surface area contributed by atoms with E-state index < -0.39 is 35.0 Å². The Balaban J connectivity index is 1.79. The maximum atomic E-state index is 13.5. The molecule has 0 fully saturated rings. The minimum atomic E-state index is -1.04. The van der Waals surface area contributed by atoms with Gasteiger partial charge in [0.1, 0.15) is 34.1 Å². The molecule has 0 atom stereocenters. The average Bonchev–Trinajstić information content (AvgIpc) is 2.97. The molecular weight excluding hydrogens is 516 g/mol. The third-order valence-corrected chi connectivity index (χ3v) is 5.66. The predicted octanol–water partition coefficient (Wildman–Crippen LogP) is 5.45. The molecule has 40 heavy (non-hydrogen) atoms. The van der Waals surface area contributed by atoms with Gasteiger partial charge >= 0.3 is 23.9 Å². The van der Waals surface area contributed by atoms with Crippen molar-refractivity contribution < 1.29 is 42.9 Å². The number of ether oxygens (including phenoxy) is 5. The van der Waals surface area contributed by atoms with Crippen LogP contribution in [0, 0.1) is 6.92 Å². The third-order valence-electron chi connectivity index (χ3n) is 5.66. The molecule has 9 heteroatoms. The van der Waals surface area contributed by atoms with Crippen LogP contribution in [0.15, 0.2) is 91.0 Å². The molecule has 4 rings (SSSR count). The molecule has 0 saturated carbocycles. The highest BCUT2D eigenvalue weighted by Gasteiger charge is 2.31. The second-order valence-corrected chi connectivity index (χ2v) is 8.38. The molecule has 0 N–H and O–H groups in total. The monoisotopic (exact) mass is 540 g/mol. The average molecular weight is 541 g/mol. The summed E-state index contributed by atoms with van der Waals surface area (Å²) in [5.41, 5.74) is 0.268. The number of benzene rings is 4. The molecule has 4 aromatic carbocycles. The maximum absolute atomic E-state index is 13.5. The van der Waals surface area contributed by atoms with Crippen molar-refractivity contribution in [3.05, 3.63) is 119 Å². The number of methoxy groups -OCH3 is 2. The van der Waals surface area contributed by atoms with Gasteiger partial charge in [0.15, 0.2) is 0 Å². The Morgan fingerprint density at radius 2 is 1.12 bits per heavy atom. The van der Waals surface area contributed by atoms with Gasteiger partial charge in [0.2, 0.25) is 0 Å². The summed E-state index contributed by atoms with van der Waals surface area (Å²) in [6, 6.07) is 23.3. The van der Waals surface area contributed by atoms with Gasteiger partial charge < -0.3 is 23.7 Å². The number of esters is 4. The fraction of sp³-hybridized carbons (Fsp3) is 0.0968. The summed E-state index contributed by atoms with van der Waals surface area (Å²) in [5, 5.41) is 0. The molecule has 0 aliphatic heterocycles.